The van der Waals surface area contributed by atoms with Gasteiger partial charge >= 0.3 is 5.97 Å². The lowest BCUT2D eigenvalue weighted by Gasteiger charge is -2.09. The number of carbonyl (C=O) groups excluding carboxylic acids is 1. The highest BCUT2D eigenvalue weighted by Crippen LogP contribution is 2.12. The average Bonchev–Trinajstić information content (AvgIpc) is 2.64. The quantitative estimate of drug-likeness (QED) is 0.302. The van der Waals surface area contributed by atoms with Crippen molar-refractivity contribution in [2.75, 3.05) is 6.61 Å². The van der Waals surface area contributed by atoms with Crippen molar-refractivity contribution in [3.8, 4) is 11.8 Å². The number of esters is 1. The van der Waals surface area contributed by atoms with Crippen molar-refractivity contribution < 1.29 is 9.53 Å². The van der Waals surface area contributed by atoms with Gasteiger partial charge in [0, 0.05) is 12.0 Å². The van der Waals surface area contributed by atoms with Gasteiger partial charge in [-0.3, -0.25) is 0 Å². The van der Waals surface area contributed by atoms with Crippen molar-refractivity contribution in [1.82, 2.24) is 0 Å². The maximum absolute atomic E-state index is 12.4. The minimum Gasteiger partial charge on any atom is -0.458 e. The fourth-order valence-corrected chi connectivity index (χ4v) is 2.37. The molecule has 128 valence electrons. The molecule has 0 saturated carbocycles. The van der Waals surface area contributed by atoms with E-state index in [9.17, 15) is 4.79 Å². The highest BCUT2D eigenvalue weighted by atomic mass is 16.5. The van der Waals surface area contributed by atoms with Crippen molar-refractivity contribution in [3.05, 3.63) is 83.4 Å². The molecule has 0 saturated heterocycles. The normalized spacial score (nSPS) is 9.80. The van der Waals surface area contributed by atoms with E-state index in [4.69, 9.17) is 4.74 Å². The first-order chi connectivity index (χ1) is 12.2. The molecule has 0 N–H and O–H groups in total. The third-order valence-electron chi connectivity index (χ3n) is 3.73. The van der Waals surface area contributed by atoms with E-state index in [0.717, 1.165) is 36.0 Å². The SMILES string of the molecule is C=C(COC(=O)c1ccccc1C#CCCCC)Cc1ccccc1. The van der Waals surface area contributed by atoms with Gasteiger partial charge in [0.25, 0.3) is 0 Å². The second-order valence-corrected chi connectivity index (χ2v) is 5.94. The molecule has 0 heterocycles. The molecule has 2 aromatic carbocycles. The van der Waals surface area contributed by atoms with Crippen LogP contribution in [-0.4, -0.2) is 12.6 Å². The zero-order chi connectivity index (χ0) is 17.9. The van der Waals surface area contributed by atoms with E-state index in [1.807, 2.05) is 48.5 Å². The average molecular weight is 332 g/mol. The molecule has 0 bridgehead atoms. The lowest BCUT2D eigenvalue weighted by molar-refractivity contribution is 0.0538. The Morgan fingerprint density at radius 3 is 2.56 bits per heavy atom. The summed E-state index contributed by atoms with van der Waals surface area (Å²) in [7, 11) is 0. The number of hydrogen-bond acceptors (Lipinski definition) is 2. The van der Waals surface area contributed by atoms with Crippen LogP contribution in [0.2, 0.25) is 0 Å². The molecule has 0 aromatic heterocycles. The number of hydrogen-bond donors (Lipinski definition) is 0. The molecule has 0 aliphatic heterocycles. The molecule has 0 amide bonds. The number of ether oxygens (including phenoxy) is 1. The van der Waals surface area contributed by atoms with Crippen LogP contribution >= 0.6 is 0 Å². The Hall–Kier alpha value is -2.79. The van der Waals surface area contributed by atoms with Crippen LogP contribution in [-0.2, 0) is 11.2 Å². The zero-order valence-electron chi connectivity index (χ0n) is 14.8. The van der Waals surface area contributed by atoms with Crippen LogP contribution in [0.1, 0.15) is 47.7 Å². The first-order valence-corrected chi connectivity index (χ1v) is 8.66. The number of unbranched alkanes of at least 4 members (excludes halogenated alkanes) is 2. The maximum atomic E-state index is 12.4. The first-order valence-electron chi connectivity index (χ1n) is 8.66. The molecule has 2 heteroatoms. The second-order valence-electron chi connectivity index (χ2n) is 5.94. The Kier molecular flexibility index (Phi) is 7.53. The van der Waals surface area contributed by atoms with Crippen LogP contribution in [0, 0.1) is 11.8 Å². The summed E-state index contributed by atoms with van der Waals surface area (Å²) in [6.45, 7) is 6.35. The number of benzene rings is 2. The summed E-state index contributed by atoms with van der Waals surface area (Å²) < 4.78 is 5.42. The molecular weight excluding hydrogens is 308 g/mol. The maximum Gasteiger partial charge on any atom is 0.339 e. The molecule has 2 nitrogen and oxygen atoms in total. The summed E-state index contributed by atoms with van der Waals surface area (Å²) in [4.78, 5) is 12.4. The fraction of sp³-hybridized carbons (Fsp3) is 0.261. The second kappa shape index (κ2) is 10.2. The summed E-state index contributed by atoms with van der Waals surface area (Å²) in [5.41, 5.74) is 3.26. The highest BCUT2D eigenvalue weighted by molar-refractivity contribution is 5.92. The molecule has 0 radical (unpaired) electrons. The molecule has 0 fully saturated rings. The smallest absolute Gasteiger partial charge is 0.339 e. The van der Waals surface area contributed by atoms with Gasteiger partial charge in [-0.15, -0.1) is 0 Å². The molecule has 2 aromatic rings. The van der Waals surface area contributed by atoms with Crippen molar-refractivity contribution in [3.63, 3.8) is 0 Å². The summed E-state index contributed by atoms with van der Waals surface area (Å²) >= 11 is 0. The van der Waals surface area contributed by atoms with E-state index in [1.54, 1.807) is 6.07 Å². The predicted molar refractivity (Wildman–Crippen MR) is 102 cm³/mol. The van der Waals surface area contributed by atoms with E-state index in [1.165, 1.54) is 0 Å². The molecule has 0 aliphatic carbocycles. The highest BCUT2D eigenvalue weighted by Gasteiger charge is 2.11. The summed E-state index contributed by atoms with van der Waals surface area (Å²) in [5.74, 6) is 5.85. The van der Waals surface area contributed by atoms with Crippen LogP contribution < -0.4 is 0 Å². The van der Waals surface area contributed by atoms with Crippen molar-refractivity contribution in [2.45, 2.75) is 32.6 Å². The molecule has 0 atom stereocenters. The van der Waals surface area contributed by atoms with Crippen LogP contribution in [0.4, 0.5) is 0 Å². The summed E-state index contributed by atoms with van der Waals surface area (Å²) in [5, 5.41) is 0. The van der Waals surface area contributed by atoms with E-state index in [-0.39, 0.29) is 12.6 Å². The van der Waals surface area contributed by atoms with Gasteiger partial charge in [-0.1, -0.05) is 74.2 Å². The van der Waals surface area contributed by atoms with Gasteiger partial charge in [-0.2, -0.15) is 0 Å². The third-order valence-corrected chi connectivity index (χ3v) is 3.73. The van der Waals surface area contributed by atoms with Crippen molar-refractivity contribution >= 4 is 5.97 Å². The van der Waals surface area contributed by atoms with Gasteiger partial charge in [0.15, 0.2) is 0 Å². The van der Waals surface area contributed by atoms with Crippen LogP contribution in [0.15, 0.2) is 66.7 Å². The van der Waals surface area contributed by atoms with Crippen molar-refractivity contribution in [1.29, 1.82) is 0 Å². The third kappa shape index (κ3) is 6.31. The molecule has 25 heavy (non-hydrogen) atoms. The summed E-state index contributed by atoms with van der Waals surface area (Å²) in [6.07, 6.45) is 3.72. The van der Waals surface area contributed by atoms with E-state index < -0.39 is 0 Å². The van der Waals surface area contributed by atoms with Gasteiger partial charge in [0.1, 0.15) is 6.61 Å². The minimum atomic E-state index is -0.352. The van der Waals surface area contributed by atoms with Crippen molar-refractivity contribution in [2.24, 2.45) is 0 Å². The Labute approximate surface area is 150 Å². The van der Waals surface area contributed by atoms with Gasteiger partial charge in [0.05, 0.1) is 5.56 Å². The Bertz CT molecular complexity index is 763. The minimum absolute atomic E-state index is 0.214. The van der Waals surface area contributed by atoms with Crippen LogP contribution in [0.3, 0.4) is 0 Å². The standard InChI is InChI=1S/C23H24O2/c1-3-4-5-9-14-21-15-10-11-16-22(21)23(24)25-18-19(2)17-20-12-7-6-8-13-20/h6-8,10-13,15-16H,2-5,17-18H2,1H3. The molecular formula is C23H24O2. The van der Waals surface area contributed by atoms with E-state index in [2.05, 4.69) is 25.3 Å². The zero-order valence-corrected chi connectivity index (χ0v) is 14.8. The van der Waals surface area contributed by atoms with Gasteiger partial charge in [-0.25, -0.2) is 4.79 Å². The van der Waals surface area contributed by atoms with Crippen LogP contribution in [0.25, 0.3) is 0 Å². The predicted octanol–water partition coefficient (Wildman–Crippen LogP) is 5.18. The summed E-state index contributed by atoms with van der Waals surface area (Å²) in [6, 6.07) is 17.3. The lowest BCUT2D eigenvalue weighted by Crippen LogP contribution is -2.10. The largest absolute Gasteiger partial charge is 0.458 e. The first kappa shape index (κ1) is 18.5. The Morgan fingerprint density at radius 1 is 1.08 bits per heavy atom. The topological polar surface area (TPSA) is 26.3 Å². The fourth-order valence-electron chi connectivity index (χ4n) is 2.37. The monoisotopic (exact) mass is 332 g/mol. The number of carbonyl (C=O) groups is 1. The number of rotatable bonds is 7. The van der Waals surface area contributed by atoms with Gasteiger partial charge in [0.2, 0.25) is 0 Å². The van der Waals surface area contributed by atoms with Crippen LogP contribution in [0.5, 0.6) is 0 Å². The molecule has 0 unspecified atom stereocenters. The van der Waals surface area contributed by atoms with Gasteiger partial charge < -0.3 is 4.74 Å². The molecule has 0 spiro atoms. The van der Waals surface area contributed by atoms with Gasteiger partial charge in [-0.05, 0) is 36.1 Å². The lowest BCUT2D eigenvalue weighted by atomic mass is 10.1. The Balaban J connectivity index is 1.94. The Morgan fingerprint density at radius 2 is 1.80 bits per heavy atom. The van der Waals surface area contributed by atoms with E-state index >= 15 is 0 Å². The van der Waals surface area contributed by atoms with E-state index in [0.29, 0.717) is 12.0 Å². The molecule has 2 rings (SSSR count). The molecule has 0 aliphatic rings.